The van der Waals surface area contributed by atoms with E-state index in [1.54, 1.807) is 11.3 Å². The lowest BCUT2D eigenvalue weighted by molar-refractivity contribution is -0.117. The minimum absolute atomic E-state index is 0.106. The summed E-state index contributed by atoms with van der Waals surface area (Å²) in [5.41, 5.74) is 0. The predicted octanol–water partition coefficient (Wildman–Crippen LogP) is 2.32. The van der Waals surface area contributed by atoms with Gasteiger partial charge < -0.3 is 5.32 Å². The second-order valence-corrected chi connectivity index (χ2v) is 7.59. The summed E-state index contributed by atoms with van der Waals surface area (Å²) in [5, 5.41) is 14.6. The molecule has 0 bridgehead atoms. The van der Waals surface area contributed by atoms with Gasteiger partial charge in [0.25, 0.3) is 0 Å². The van der Waals surface area contributed by atoms with E-state index in [0.29, 0.717) is 11.6 Å². The van der Waals surface area contributed by atoms with Crippen LogP contribution in [0.4, 0.5) is 4.79 Å². The normalized spacial score (nSPS) is 14.7. The van der Waals surface area contributed by atoms with E-state index in [-0.39, 0.29) is 17.7 Å². The van der Waals surface area contributed by atoms with Crippen LogP contribution in [0.2, 0.25) is 0 Å². The van der Waals surface area contributed by atoms with E-state index in [0.717, 1.165) is 31.5 Å². The Morgan fingerprint density at radius 3 is 2.96 bits per heavy atom. The highest BCUT2D eigenvalue weighted by atomic mass is 32.2. The number of amides is 3. The van der Waals surface area contributed by atoms with Gasteiger partial charge in [0.05, 0.1) is 5.75 Å². The van der Waals surface area contributed by atoms with E-state index in [9.17, 15) is 9.59 Å². The van der Waals surface area contributed by atoms with Crippen LogP contribution in [0.3, 0.4) is 0 Å². The van der Waals surface area contributed by atoms with Gasteiger partial charge in [-0.1, -0.05) is 30.7 Å². The summed E-state index contributed by atoms with van der Waals surface area (Å²) < 4.78 is 0. The standard InChI is InChI=1S/C15H19N5O2S2/c21-13(18-14(22)16-10-4-1-2-5-10)9-24-15-17-12(19-20-15)8-11-6-3-7-23-11/h3,6-7,10H,1-2,4-5,8-9H2,(H,17,19,20)(H2,16,18,21,22). The second-order valence-electron chi connectivity index (χ2n) is 5.61. The molecular weight excluding hydrogens is 346 g/mol. The van der Waals surface area contributed by atoms with Crippen molar-refractivity contribution in [1.29, 1.82) is 0 Å². The van der Waals surface area contributed by atoms with Crippen molar-refractivity contribution < 1.29 is 9.59 Å². The fourth-order valence-corrected chi connectivity index (χ4v) is 3.91. The molecule has 0 aliphatic heterocycles. The molecule has 24 heavy (non-hydrogen) atoms. The Morgan fingerprint density at radius 2 is 2.21 bits per heavy atom. The van der Waals surface area contributed by atoms with Gasteiger partial charge in [-0.25, -0.2) is 9.78 Å². The van der Waals surface area contributed by atoms with Crippen LogP contribution in [0.1, 0.15) is 36.4 Å². The van der Waals surface area contributed by atoms with Gasteiger partial charge in [0.1, 0.15) is 5.82 Å². The van der Waals surface area contributed by atoms with Gasteiger partial charge in [-0.15, -0.1) is 16.4 Å². The van der Waals surface area contributed by atoms with Gasteiger partial charge in [0, 0.05) is 17.3 Å². The first-order chi connectivity index (χ1) is 11.7. The van der Waals surface area contributed by atoms with Crippen LogP contribution < -0.4 is 10.6 Å². The molecule has 3 N–H and O–H groups in total. The summed E-state index contributed by atoms with van der Waals surface area (Å²) in [6.07, 6.45) is 4.93. The summed E-state index contributed by atoms with van der Waals surface area (Å²) >= 11 is 2.87. The van der Waals surface area contributed by atoms with E-state index in [4.69, 9.17) is 0 Å². The summed E-state index contributed by atoms with van der Waals surface area (Å²) in [4.78, 5) is 29.1. The number of aromatic nitrogens is 3. The summed E-state index contributed by atoms with van der Waals surface area (Å²) in [6, 6.07) is 3.81. The van der Waals surface area contributed by atoms with E-state index in [2.05, 4.69) is 25.8 Å². The molecule has 0 saturated heterocycles. The number of imide groups is 1. The number of carbonyl (C=O) groups is 2. The average Bonchev–Trinajstić information content (AvgIpc) is 3.28. The van der Waals surface area contributed by atoms with Gasteiger partial charge in [0.15, 0.2) is 0 Å². The Labute approximate surface area is 148 Å². The fourth-order valence-electron chi connectivity index (χ4n) is 2.58. The minimum Gasteiger partial charge on any atom is -0.335 e. The van der Waals surface area contributed by atoms with Gasteiger partial charge in [0.2, 0.25) is 11.1 Å². The number of thioether (sulfide) groups is 1. The molecule has 1 aliphatic carbocycles. The fraction of sp³-hybridized carbons (Fsp3) is 0.467. The number of rotatable bonds is 6. The van der Waals surface area contributed by atoms with Gasteiger partial charge in [-0.2, -0.15) is 0 Å². The van der Waals surface area contributed by atoms with E-state index in [1.807, 2.05) is 17.5 Å². The SMILES string of the molecule is O=C(CSc1n[nH]c(Cc2cccs2)n1)NC(=O)NC1CCCC1. The van der Waals surface area contributed by atoms with E-state index >= 15 is 0 Å². The second kappa shape index (κ2) is 8.29. The molecule has 2 aromatic rings. The highest BCUT2D eigenvalue weighted by Gasteiger charge is 2.18. The Morgan fingerprint density at radius 1 is 1.38 bits per heavy atom. The number of hydrogen-bond donors (Lipinski definition) is 3. The molecule has 0 unspecified atom stereocenters. The molecule has 0 radical (unpaired) electrons. The van der Waals surface area contributed by atoms with Crippen molar-refractivity contribution in [2.75, 3.05) is 5.75 Å². The zero-order chi connectivity index (χ0) is 16.8. The van der Waals surface area contributed by atoms with E-state index < -0.39 is 6.03 Å². The Bertz CT molecular complexity index is 680. The smallest absolute Gasteiger partial charge is 0.321 e. The van der Waals surface area contributed by atoms with Crippen molar-refractivity contribution in [3.63, 3.8) is 0 Å². The zero-order valence-electron chi connectivity index (χ0n) is 13.1. The topological polar surface area (TPSA) is 99.8 Å². The molecule has 3 amide bonds. The Hall–Kier alpha value is -1.87. The molecule has 0 aromatic carbocycles. The molecule has 128 valence electrons. The molecule has 3 rings (SSSR count). The first-order valence-electron chi connectivity index (χ1n) is 7.86. The predicted molar refractivity (Wildman–Crippen MR) is 93.2 cm³/mol. The van der Waals surface area contributed by atoms with Gasteiger partial charge in [-0.3, -0.25) is 15.2 Å². The van der Waals surface area contributed by atoms with Gasteiger partial charge in [-0.05, 0) is 24.3 Å². The largest absolute Gasteiger partial charge is 0.335 e. The van der Waals surface area contributed by atoms with Crippen LogP contribution in [0.25, 0.3) is 0 Å². The zero-order valence-corrected chi connectivity index (χ0v) is 14.7. The van der Waals surface area contributed by atoms with Crippen LogP contribution in [0, 0.1) is 0 Å². The maximum absolute atomic E-state index is 11.8. The lowest BCUT2D eigenvalue weighted by Crippen LogP contribution is -2.44. The van der Waals surface area contributed by atoms with Crippen molar-refractivity contribution in [3.8, 4) is 0 Å². The highest BCUT2D eigenvalue weighted by molar-refractivity contribution is 7.99. The number of hydrogen-bond acceptors (Lipinski definition) is 6. The lowest BCUT2D eigenvalue weighted by atomic mass is 10.2. The van der Waals surface area contributed by atoms with Gasteiger partial charge >= 0.3 is 6.03 Å². The first kappa shape index (κ1) is 17.0. The molecule has 2 heterocycles. The number of aromatic amines is 1. The highest BCUT2D eigenvalue weighted by Crippen LogP contribution is 2.18. The number of urea groups is 1. The molecule has 1 fully saturated rings. The van der Waals surface area contributed by atoms with Crippen LogP contribution >= 0.6 is 23.1 Å². The molecule has 2 aromatic heterocycles. The summed E-state index contributed by atoms with van der Waals surface area (Å²) in [6.45, 7) is 0. The van der Waals surface area contributed by atoms with Crippen molar-refractivity contribution in [3.05, 3.63) is 28.2 Å². The number of thiophene rings is 1. The molecule has 9 heteroatoms. The van der Waals surface area contributed by atoms with E-state index in [1.165, 1.54) is 16.6 Å². The number of nitrogens with zero attached hydrogens (tertiary/aromatic N) is 2. The first-order valence-corrected chi connectivity index (χ1v) is 9.72. The molecule has 7 nitrogen and oxygen atoms in total. The molecule has 0 spiro atoms. The lowest BCUT2D eigenvalue weighted by Gasteiger charge is -2.11. The summed E-state index contributed by atoms with van der Waals surface area (Å²) in [5.74, 6) is 0.522. The van der Waals surface area contributed by atoms with Crippen LogP contribution in [0.5, 0.6) is 0 Å². The van der Waals surface area contributed by atoms with Crippen molar-refractivity contribution in [2.24, 2.45) is 0 Å². The number of carbonyl (C=O) groups excluding carboxylic acids is 2. The molecule has 0 atom stereocenters. The van der Waals surface area contributed by atoms with Crippen LogP contribution in [-0.2, 0) is 11.2 Å². The number of H-pyrrole nitrogens is 1. The van der Waals surface area contributed by atoms with Crippen LogP contribution in [0.15, 0.2) is 22.7 Å². The van der Waals surface area contributed by atoms with Crippen molar-refractivity contribution in [2.45, 2.75) is 43.3 Å². The summed E-state index contributed by atoms with van der Waals surface area (Å²) in [7, 11) is 0. The quantitative estimate of drug-likeness (QED) is 0.682. The third-order valence-corrected chi connectivity index (χ3v) is 5.43. The molecular formula is C15H19N5O2S2. The number of nitrogens with one attached hydrogen (secondary N) is 3. The maximum atomic E-state index is 11.8. The average molecular weight is 365 g/mol. The van der Waals surface area contributed by atoms with Crippen molar-refractivity contribution in [1.82, 2.24) is 25.8 Å². The monoisotopic (exact) mass is 365 g/mol. The molecule has 1 aliphatic rings. The van der Waals surface area contributed by atoms with Crippen molar-refractivity contribution >= 4 is 35.0 Å². The maximum Gasteiger partial charge on any atom is 0.321 e. The third kappa shape index (κ3) is 5.07. The Balaban J connectivity index is 1.39. The van der Waals surface area contributed by atoms with Crippen LogP contribution in [-0.4, -0.2) is 38.9 Å². The molecule has 1 saturated carbocycles. The minimum atomic E-state index is -0.416. The Kier molecular flexibility index (Phi) is 5.86. The third-order valence-electron chi connectivity index (χ3n) is 3.71.